The fourth-order valence-corrected chi connectivity index (χ4v) is 3.07. The second-order valence-electron chi connectivity index (χ2n) is 5.62. The van der Waals surface area contributed by atoms with E-state index in [0.29, 0.717) is 6.04 Å². The lowest BCUT2D eigenvalue weighted by Gasteiger charge is -2.36. The van der Waals surface area contributed by atoms with Gasteiger partial charge in [-0.1, -0.05) is 0 Å². The Kier molecular flexibility index (Phi) is 4.16. The molecule has 20 heavy (non-hydrogen) atoms. The molecule has 0 bridgehead atoms. The maximum absolute atomic E-state index is 11.8. The summed E-state index contributed by atoms with van der Waals surface area (Å²) in [4.78, 5) is 18.2. The van der Waals surface area contributed by atoms with Crippen molar-refractivity contribution in [2.45, 2.75) is 37.8 Å². The van der Waals surface area contributed by atoms with Gasteiger partial charge in [0.05, 0.1) is 6.04 Å². The molecule has 5 heteroatoms. The van der Waals surface area contributed by atoms with Crippen LogP contribution in [0, 0.1) is 0 Å². The molecule has 5 nitrogen and oxygen atoms in total. The first-order valence-electron chi connectivity index (χ1n) is 7.51. The predicted molar refractivity (Wildman–Crippen MR) is 78.6 cm³/mol. The minimum absolute atomic E-state index is 0.0150. The molecule has 1 amide bonds. The minimum Gasteiger partial charge on any atom is -0.371 e. The first kappa shape index (κ1) is 13.4. The molecule has 1 atom stereocenters. The van der Waals surface area contributed by atoms with E-state index in [4.69, 9.17) is 0 Å². The van der Waals surface area contributed by atoms with E-state index in [2.05, 4.69) is 32.7 Å². The fourth-order valence-electron chi connectivity index (χ4n) is 3.07. The SMILES string of the molecule is O=C1NCCCC1NC1CCN(c2ccncc2)CC1. The van der Waals surface area contributed by atoms with Crippen molar-refractivity contribution in [2.75, 3.05) is 24.5 Å². The van der Waals surface area contributed by atoms with Gasteiger partial charge in [0.15, 0.2) is 0 Å². The number of carbonyl (C=O) groups is 1. The Hall–Kier alpha value is -1.62. The molecule has 1 aromatic heterocycles. The number of carbonyl (C=O) groups excluding carboxylic acids is 1. The third-order valence-electron chi connectivity index (χ3n) is 4.25. The molecule has 2 aliphatic rings. The Balaban J connectivity index is 1.50. The zero-order valence-corrected chi connectivity index (χ0v) is 11.7. The van der Waals surface area contributed by atoms with E-state index in [1.165, 1.54) is 5.69 Å². The number of rotatable bonds is 3. The van der Waals surface area contributed by atoms with Crippen molar-refractivity contribution >= 4 is 11.6 Å². The molecule has 0 aliphatic carbocycles. The van der Waals surface area contributed by atoms with E-state index in [1.807, 2.05) is 12.4 Å². The van der Waals surface area contributed by atoms with Crippen LogP contribution < -0.4 is 15.5 Å². The van der Waals surface area contributed by atoms with E-state index >= 15 is 0 Å². The number of piperidine rings is 2. The van der Waals surface area contributed by atoms with Crippen molar-refractivity contribution in [2.24, 2.45) is 0 Å². The van der Waals surface area contributed by atoms with Crippen LogP contribution in [0.25, 0.3) is 0 Å². The summed E-state index contributed by atoms with van der Waals surface area (Å²) in [6, 6.07) is 4.59. The van der Waals surface area contributed by atoms with Crippen LogP contribution in [0.15, 0.2) is 24.5 Å². The smallest absolute Gasteiger partial charge is 0.237 e. The lowest BCUT2D eigenvalue weighted by molar-refractivity contribution is -0.124. The molecule has 2 fully saturated rings. The number of nitrogens with zero attached hydrogens (tertiary/aromatic N) is 2. The van der Waals surface area contributed by atoms with Gasteiger partial charge in [-0.15, -0.1) is 0 Å². The van der Waals surface area contributed by atoms with Gasteiger partial charge in [-0.2, -0.15) is 0 Å². The Morgan fingerprint density at radius 2 is 1.95 bits per heavy atom. The number of pyridine rings is 1. The van der Waals surface area contributed by atoms with Crippen LogP contribution >= 0.6 is 0 Å². The molecule has 3 heterocycles. The van der Waals surface area contributed by atoms with Gasteiger partial charge in [-0.3, -0.25) is 9.78 Å². The van der Waals surface area contributed by atoms with Crippen LogP contribution in [0.4, 0.5) is 5.69 Å². The molecule has 2 saturated heterocycles. The number of hydrogen-bond acceptors (Lipinski definition) is 4. The summed E-state index contributed by atoms with van der Waals surface area (Å²) in [6.45, 7) is 2.91. The topological polar surface area (TPSA) is 57.3 Å². The highest BCUT2D eigenvalue weighted by atomic mass is 16.2. The summed E-state index contributed by atoms with van der Waals surface area (Å²) >= 11 is 0. The quantitative estimate of drug-likeness (QED) is 0.860. The molecule has 1 unspecified atom stereocenters. The van der Waals surface area contributed by atoms with Crippen molar-refractivity contribution in [1.29, 1.82) is 0 Å². The first-order chi connectivity index (χ1) is 9.83. The normalized spacial score (nSPS) is 24.5. The summed E-state index contributed by atoms with van der Waals surface area (Å²) in [5, 5.41) is 6.47. The maximum atomic E-state index is 11.8. The predicted octanol–water partition coefficient (Wildman–Crippen LogP) is 0.919. The highest BCUT2D eigenvalue weighted by Gasteiger charge is 2.26. The molecule has 0 saturated carbocycles. The molecule has 2 N–H and O–H groups in total. The summed E-state index contributed by atoms with van der Waals surface area (Å²) in [5.41, 5.74) is 1.24. The van der Waals surface area contributed by atoms with Gasteiger partial charge in [0.25, 0.3) is 0 Å². The van der Waals surface area contributed by atoms with Crippen molar-refractivity contribution in [3.63, 3.8) is 0 Å². The molecule has 0 aromatic carbocycles. The van der Waals surface area contributed by atoms with Gasteiger partial charge in [0.2, 0.25) is 5.91 Å². The van der Waals surface area contributed by atoms with E-state index in [0.717, 1.165) is 45.3 Å². The zero-order valence-electron chi connectivity index (χ0n) is 11.7. The zero-order chi connectivity index (χ0) is 13.8. The highest BCUT2D eigenvalue weighted by Crippen LogP contribution is 2.19. The summed E-state index contributed by atoms with van der Waals surface area (Å²) in [7, 11) is 0. The lowest BCUT2D eigenvalue weighted by atomic mass is 10.00. The summed E-state index contributed by atoms with van der Waals surface area (Å²) < 4.78 is 0. The minimum atomic E-state index is 0.0150. The van der Waals surface area contributed by atoms with E-state index in [1.54, 1.807) is 0 Å². The number of anilines is 1. The maximum Gasteiger partial charge on any atom is 0.237 e. The van der Waals surface area contributed by atoms with E-state index in [9.17, 15) is 4.79 Å². The Morgan fingerprint density at radius 3 is 2.65 bits per heavy atom. The lowest BCUT2D eigenvalue weighted by Crippen LogP contribution is -2.54. The number of aromatic nitrogens is 1. The van der Waals surface area contributed by atoms with Crippen LogP contribution in [0.2, 0.25) is 0 Å². The monoisotopic (exact) mass is 274 g/mol. The first-order valence-corrected chi connectivity index (χ1v) is 7.51. The van der Waals surface area contributed by atoms with Crippen LogP contribution in [-0.2, 0) is 4.79 Å². The average molecular weight is 274 g/mol. The highest BCUT2D eigenvalue weighted by molar-refractivity contribution is 5.82. The Bertz CT molecular complexity index is 442. The molecule has 2 aliphatic heterocycles. The van der Waals surface area contributed by atoms with Crippen molar-refractivity contribution < 1.29 is 4.79 Å². The van der Waals surface area contributed by atoms with Gasteiger partial charge >= 0.3 is 0 Å². The number of nitrogens with one attached hydrogen (secondary N) is 2. The number of hydrogen-bond donors (Lipinski definition) is 2. The largest absolute Gasteiger partial charge is 0.371 e. The van der Waals surface area contributed by atoms with E-state index in [-0.39, 0.29) is 11.9 Å². The van der Waals surface area contributed by atoms with Gasteiger partial charge in [0.1, 0.15) is 0 Å². The standard InChI is InChI=1S/C15H22N4O/c20-15-14(2-1-7-17-15)18-12-5-10-19(11-6-12)13-3-8-16-9-4-13/h3-4,8-9,12,14,18H,1-2,5-7,10-11H2,(H,17,20). The van der Waals surface area contributed by atoms with Gasteiger partial charge < -0.3 is 15.5 Å². The van der Waals surface area contributed by atoms with Gasteiger partial charge in [0, 0.05) is 43.8 Å². The third-order valence-corrected chi connectivity index (χ3v) is 4.25. The van der Waals surface area contributed by atoms with Crippen molar-refractivity contribution in [3.8, 4) is 0 Å². The van der Waals surface area contributed by atoms with Gasteiger partial charge in [-0.05, 0) is 37.8 Å². The molecule has 0 spiro atoms. The molecule has 1 aromatic rings. The third kappa shape index (κ3) is 3.10. The van der Waals surface area contributed by atoms with Crippen LogP contribution in [-0.4, -0.2) is 42.6 Å². The van der Waals surface area contributed by atoms with Crippen LogP contribution in [0.1, 0.15) is 25.7 Å². The van der Waals surface area contributed by atoms with E-state index < -0.39 is 0 Å². The molecule has 0 radical (unpaired) electrons. The molecule has 108 valence electrons. The van der Waals surface area contributed by atoms with Crippen molar-refractivity contribution in [3.05, 3.63) is 24.5 Å². The Morgan fingerprint density at radius 1 is 1.20 bits per heavy atom. The Labute approximate surface area is 119 Å². The second kappa shape index (κ2) is 6.22. The number of amides is 1. The van der Waals surface area contributed by atoms with Gasteiger partial charge in [-0.25, -0.2) is 0 Å². The van der Waals surface area contributed by atoms with Crippen molar-refractivity contribution in [1.82, 2.24) is 15.6 Å². The average Bonchev–Trinajstić information content (AvgIpc) is 2.51. The molecular formula is C15H22N4O. The second-order valence-corrected chi connectivity index (χ2v) is 5.62. The molecule has 3 rings (SSSR count). The van der Waals surface area contributed by atoms with Crippen LogP contribution in [0.5, 0.6) is 0 Å². The van der Waals surface area contributed by atoms with Crippen LogP contribution in [0.3, 0.4) is 0 Å². The molecular weight excluding hydrogens is 252 g/mol. The summed E-state index contributed by atoms with van der Waals surface area (Å²) in [6.07, 6.45) is 7.91. The fraction of sp³-hybridized carbons (Fsp3) is 0.600. The summed E-state index contributed by atoms with van der Waals surface area (Å²) in [5.74, 6) is 0.174.